The maximum Gasteiger partial charge on any atom is 0.214 e. The van der Waals surface area contributed by atoms with Crippen LogP contribution in [0.2, 0.25) is 0 Å². The molecule has 0 aliphatic rings. The minimum atomic E-state index is -3.17. The van der Waals surface area contributed by atoms with Gasteiger partial charge in [-0.15, -0.1) is 0 Å². The van der Waals surface area contributed by atoms with Gasteiger partial charge in [0.25, 0.3) is 0 Å². The van der Waals surface area contributed by atoms with E-state index in [1.54, 1.807) is 7.05 Å². The summed E-state index contributed by atoms with van der Waals surface area (Å²) in [5.41, 5.74) is 2.18. The lowest BCUT2D eigenvalue weighted by molar-refractivity contribution is 0.463. The first kappa shape index (κ1) is 18.1. The molecule has 1 N–H and O–H groups in total. The molecule has 5 heteroatoms. The molecule has 0 fully saturated rings. The molecule has 1 rings (SSSR count). The van der Waals surface area contributed by atoms with E-state index in [0.29, 0.717) is 19.0 Å². The molecule has 120 valence electrons. The third-order valence-electron chi connectivity index (χ3n) is 3.34. The lowest BCUT2D eigenvalue weighted by Crippen LogP contribution is -2.29. The predicted molar refractivity (Wildman–Crippen MR) is 88.8 cm³/mol. The Morgan fingerprint density at radius 2 is 1.95 bits per heavy atom. The molecular weight excluding hydrogens is 284 g/mol. The monoisotopic (exact) mass is 312 g/mol. The van der Waals surface area contributed by atoms with Crippen LogP contribution in [0.5, 0.6) is 0 Å². The van der Waals surface area contributed by atoms with E-state index in [4.69, 9.17) is 0 Å². The van der Waals surface area contributed by atoms with Crippen molar-refractivity contribution in [2.75, 3.05) is 19.3 Å². The highest BCUT2D eigenvalue weighted by Crippen LogP contribution is 2.10. The number of nitrogens with zero attached hydrogens (tertiary/aromatic N) is 1. The highest BCUT2D eigenvalue weighted by molar-refractivity contribution is 7.89. The van der Waals surface area contributed by atoms with Crippen LogP contribution in [0, 0.1) is 6.92 Å². The zero-order valence-electron chi connectivity index (χ0n) is 13.6. The Morgan fingerprint density at radius 1 is 1.24 bits per heavy atom. The normalized spacial score (nSPS) is 12.3. The van der Waals surface area contributed by atoms with Gasteiger partial charge < -0.3 is 5.32 Å². The summed E-state index contributed by atoms with van der Waals surface area (Å²) in [6.45, 7) is 7.50. The molecule has 0 radical (unpaired) electrons. The van der Waals surface area contributed by atoms with E-state index in [1.165, 1.54) is 4.31 Å². The molecule has 0 unspecified atom stereocenters. The summed E-state index contributed by atoms with van der Waals surface area (Å²) in [6, 6.07) is 8.41. The van der Waals surface area contributed by atoms with E-state index in [-0.39, 0.29) is 5.75 Å². The maximum atomic E-state index is 12.2. The Kier molecular flexibility index (Phi) is 7.35. The summed E-state index contributed by atoms with van der Waals surface area (Å²) >= 11 is 0. The molecule has 0 saturated carbocycles. The third-order valence-corrected chi connectivity index (χ3v) is 5.23. The van der Waals surface area contributed by atoms with Crippen LogP contribution in [0.15, 0.2) is 24.3 Å². The van der Waals surface area contributed by atoms with E-state index >= 15 is 0 Å². The van der Waals surface area contributed by atoms with Crippen LogP contribution in [0.4, 0.5) is 0 Å². The Balaban J connectivity index is 2.42. The van der Waals surface area contributed by atoms with Crippen molar-refractivity contribution in [1.82, 2.24) is 9.62 Å². The van der Waals surface area contributed by atoms with Crippen molar-refractivity contribution < 1.29 is 8.42 Å². The van der Waals surface area contributed by atoms with E-state index in [2.05, 4.69) is 19.2 Å². The van der Waals surface area contributed by atoms with Gasteiger partial charge in [0, 0.05) is 19.6 Å². The molecule has 0 saturated heterocycles. The molecule has 0 aliphatic heterocycles. The molecule has 1 aromatic rings. The second-order valence-corrected chi connectivity index (χ2v) is 8.07. The van der Waals surface area contributed by atoms with Gasteiger partial charge in [-0.3, -0.25) is 0 Å². The molecule has 0 amide bonds. The zero-order chi connectivity index (χ0) is 15.9. The van der Waals surface area contributed by atoms with Crippen LogP contribution in [0.25, 0.3) is 0 Å². The predicted octanol–water partition coefficient (Wildman–Crippen LogP) is 2.53. The fourth-order valence-electron chi connectivity index (χ4n) is 2.12. The molecule has 0 bridgehead atoms. The molecule has 0 atom stereocenters. The second kappa shape index (κ2) is 8.51. The fraction of sp³-hybridized carbons (Fsp3) is 0.625. The van der Waals surface area contributed by atoms with Crippen LogP contribution >= 0.6 is 0 Å². The standard InChI is InChI=1S/C16H28N2O2S/c1-14(2)17-10-5-6-11-21(19,20)18(4)13-16-9-7-8-15(3)12-16/h7-9,12,14,17H,5-6,10-11,13H2,1-4H3. The molecule has 0 aromatic heterocycles. The quantitative estimate of drug-likeness (QED) is 0.713. The number of benzene rings is 1. The first-order chi connectivity index (χ1) is 9.81. The van der Waals surface area contributed by atoms with Crippen molar-refractivity contribution in [2.24, 2.45) is 0 Å². The van der Waals surface area contributed by atoms with Crippen LogP contribution in [-0.2, 0) is 16.6 Å². The largest absolute Gasteiger partial charge is 0.315 e. The zero-order valence-corrected chi connectivity index (χ0v) is 14.4. The van der Waals surface area contributed by atoms with Crippen LogP contribution in [-0.4, -0.2) is 38.1 Å². The van der Waals surface area contributed by atoms with E-state index in [9.17, 15) is 8.42 Å². The smallest absolute Gasteiger partial charge is 0.214 e. The first-order valence-electron chi connectivity index (χ1n) is 7.54. The van der Waals surface area contributed by atoms with E-state index in [1.807, 2.05) is 31.2 Å². The van der Waals surface area contributed by atoms with Gasteiger partial charge in [-0.05, 0) is 31.9 Å². The highest BCUT2D eigenvalue weighted by Gasteiger charge is 2.17. The molecule has 4 nitrogen and oxygen atoms in total. The SMILES string of the molecule is Cc1cccc(CN(C)S(=O)(=O)CCCCNC(C)C)c1. The van der Waals surface area contributed by atoms with E-state index in [0.717, 1.165) is 24.1 Å². The van der Waals surface area contributed by atoms with Crippen molar-refractivity contribution in [2.45, 2.75) is 46.2 Å². The number of sulfonamides is 1. The van der Waals surface area contributed by atoms with Crippen molar-refractivity contribution in [3.05, 3.63) is 35.4 Å². The third kappa shape index (κ3) is 7.07. The van der Waals surface area contributed by atoms with Crippen molar-refractivity contribution >= 4 is 10.0 Å². The van der Waals surface area contributed by atoms with Gasteiger partial charge in [0.05, 0.1) is 5.75 Å². The number of unbranched alkanes of at least 4 members (excludes halogenated alkanes) is 1. The number of nitrogens with one attached hydrogen (secondary N) is 1. The van der Waals surface area contributed by atoms with Crippen LogP contribution in [0.3, 0.4) is 0 Å². The van der Waals surface area contributed by atoms with Gasteiger partial charge in [-0.1, -0.05) is 43.7 Å². The second-order valence-electron chi connectivity index (χ2n) is 5.88. The fourth-order valence-corrected chi connectivity index (χ4v) is 3.35. The van der Waals surface area contributed by atoms with Crippen LogP contribution in [0.1, 0.15) is 37.8 Å². The van der Waals surface area contributed by atoms with E-state index < -0.39 is 10.0 Å². The topological polar surface area (TPSA) is 49.4 Å². The summed E-state index contributed by atoms with van der Waals surface area (Å²) in [7, 11) is -1.51. The molecule has 0 spiro atoms. The Morgan fingerprint density at radius 3 is 2.57 bits per heavy atom. The van der Waals surface area contributed by atoms with Crippen molar-refractivity contribution in [3.63, 3.8) is 0 Å². The molecule has 21 heavy (non-hydrogen) atoms. The van der Waals surface area contributed by atoms with Gasteiger partial charge in [0.2, 0.25) is 10.0 Å². The number of hydrogen-bond acceptors (Lipinski definition) is 3. The summed E-state index contributed by atoms with van der Waals surface area (Å²) in [4.78, 5) is 0. The minimum Gasteiger partial charge on any atom is -0.315 e. The van der Waals surface area contributed by atoms with Crippen molar-refractivity contribution in [3.8, 4) is 0 Å². The Hall–Kier alpha value is -0.910. The van der Waals surface area contributed by atoms with Crippen LogP contribution < -0.4 is 5.32 Å². The summed E-state index contributed by atoms with van der Waals surface area (Å²) < 4.78 is 25.9. The summed E-state index contributed by atoms with van der Waals surface area (Å²) in [5, 5.41) is 3.30. The number of aryl methyl sites for hydroxylation is 1. The average Bonchev–Trinajstić information content (AvgIpc) is 2.37. The lowest BCUT2D eigenvalue weighted by atomic mass is 10.1. The number of hydrogen-bond donors (Lipinski definition) is 1. The van der Waals surface area contributed by atoms with Gasteiger partial charge in [0.15, 0.2) is 0 Å². The number of rotatable bonds is 9. The highest BCUT2D eigenvalue weighted by atomic mass is 32.2. The Bertz CT molecular complexity index is 527. The van der Waals surface area contributed by atoms with Gasteiger partial charge in [0.1, 0.15) is 0 Å². The lowest BCUT2D eigenvalue weighted by Gasteiger charge is -2.17. The summed E-state index contributed by atoms with van der Waals surface area (Å²) in [5.74, 6) is 0.217. The maximum absolute atomic E-state index is 12.2. The summed E-state index contributed by atoms with van der Waals surface area (Å²) in [6.07, 6.45) is 1.58. The minimum absolute atomic E-state index is 0.217. The Labute approximate surface area is 129 Å². The average molecular weight is 312 g/mol. The molecule has 0 heterocycles. The van der Waals surface area contributed by atoms with Crippen molar-refractivity contribution in [1.29, 1.82) is 0 Å². The molecule has 1 aromatic carbocycles. The molecule has 0 aliphatic carbocycles. The van der Waals surface area contributed by atoms with Gasteiger partial charge >= 0.3 is 0 Å². The first-order valence-corrected chi connectivity index (χ1v) is 9.15. The van der Waals surface area contributed by atoms with Gasteiger partial charge in [-0.2, -0.15) is 0 Å². The molecular formula is C16H28N2O2S. The van der Waals surface area contributed by atoms with Gasteiger partial charge in [-0.25, -0.2) is 12.7 Å².